The smallest absolute Gasteiger partial charge is 0.393 e. The van der Waals surface area contributed by atoms with Gasteiger partial charge in [0.15, 0.2) is 0 Å². The van der Waals surface area contributed by atoms with E-state index in [1.807, 2.05) is 49.4 Å². The summed E-state index contributed by atoms with van der Waals surface area (Å²) in [5, 5.41) is 3.38. The number of hydrogen-bond acceptors (Lipinski definition) is 6. The van der Waals surface area contributed by atoms with E-state index in [9.17, 15) is 13.2 Å². The number of benzene rings is 3. The Morgan fingerprint density at radius 3 is 2.34 bits per heavy atom. The summed E-state index contributed by atoms with van der Waals surface area (Å²) < 4.78 is 34.8. The lowest BCUT2D eigenvalue weighted by molar-refractivity contribution is 0.198. The van der Waals surface area contributed by atoms with Crippen LogP contribution in [0, 0.1) is 6.92 Å². The second-order valence-electron chi connectivity index (χ2n) is 10.7. The zero-order valence-electron chi connectivity index (χ0n) is 23.2. The van der Waals surface area contributed by atoms with Gasteiger partial charge in [0.1, 0.15) is 0 Å². The van der Waals surface area contributed by atoms with Gasteiger partial charge in [0, 0.05) is 22.8 Å². The number of ether oxygens (including phenoxy) is 1. The van der Waals surface area contributed by atoms with Crippen LogP contribution >= 0.6 is 0 Å². The van der Waals surface area contributed by atoms with Gasteiger partial charge in [-0.1, -0.05) is 63.2 Å². The van der Waals surface area contributed by atoms with Crippen molar-refractivity contribution in [2.45, 2.75) is 44.6 Å². The van der Waals surface area contributed by atoms with Crippen LogP contribution in [0.4, 0.5) is 10.5 Å². The predicted molar refractivity (Wildman–Crippen MR) is 159 cm³/mol. The molecule has 0 fully saturated rings. The molecule has 0 unspecified atom stereocenters. The van der Waals surface area contributed by atoms with Crippen molar-refractivity contribution in [3.8, 4) is 17.0 Å². The molecule has 2 heterocycles. The van der Waals surface area contributed by atoms with Crippen LogP contribution in [-0.2, 0) is 22.0 Å². The number of anilines is 1. The van der Waals surface area contributed by atoms with Crippen molar-refractivity contribution in [1.82, 2.24) is 20.3 Å². The highest BCUT2D eigenvalue weighted by atomic mass is 32.2. The van der Waals surface area contributed by atoms with Gasteiger partial charge in [0.05, 0.1) is 34.6 Å². The third-order valence-electron chi connectivity index (χ3n) is 6.55. The molecule has 41 heavy (non-hydrogen) atoms. The lowest BCUT2D eigenvalue weighted by atomic mass is 9.87. The van der Waals surface area contributed by atoms with Gasteiger partial charge >= 0.3 is 6.09 Å². The first-order valence-corrected chi connectivity index (χ1v) is 14.6. The molecule has 0 aliphatic carbocycles. The number of nitrogens with zero attached hydrogens (tertiary/aromatic N) is 2. The highest BCUT2D eigenvalue weighted by Gasteiger charge is 2.21. The molecular weight excluding hydrogens is 538 g/mol. The van der Waals surface area contributed by atoms with Crippen LogP contribution in [0.1, 0.15) is 37.7 Å². The molecule has 10 heteroatoms. The molecule has 9 nitrogen and oxygen atoms in total. The summed E-state index contributed by atoms with van der Waals surface area (Å²) in [5.74, 6) is 0.233. The Balaban J connectivity index is 1.43. The van der Waals surface area contributed by atoms with E-state index in [1.54, 1.807) is 42.7 Å². The van der Waals surface area contributed by atoms with E-state index in [-0.39, 0.29) is 22.7 Å². The second kappa shape index (κ2) is 11.1. The van der Waals surface area contributed by atoms with Gasteiger partial charge < -0.3 is 15.0 Å². The molecule has 0 spiro atoms. The third-order valence-corrected chi connectivity index (χ3v) is 7.95. The average Bonchev–Trinajstić information content (AvgIpc) is 3.29. The SMILES string of the molecule is Cc1cnc(CNC(=O)Oc2[nH]c3ccc(NS(=O)(=O)c4ccc(C(C)(C)C)cc4)cc3c2-c2ccccc2)cn1. The zero-order valence-corrected chi connectivity index (χ0v) is 24.0. The van der Waals surface area contributed by atoms with E-state index in [0.29, 0.717) is 27.8 Å². The topological polar surface area (TPSA) is 126 Å². The lowest BCUT2D eigenvalue weighted by Gasteiger charge is -2.19. The molecule has 0 bridgehead atoms. The summed E-state index contributed by atoms with van der Waals surface area (Å²) in [6.07, 6.45) is 2.55. The molecule has 210 valence electrons. The summed E-state index contributed by atoms with van der Waals surface area (Å²) in [6.45, 7) is 8.21. The summed E-state index contributed by atoms with van der Waals surface area (Å²) in [7, 11) is -3.84. The van der Waals surface area contributed by atoms with E-state index in [2.05, 4.69) is 45.8 Å². The largest absolute Gasteiger partial charge is 0.414 e. The molecule has 0 atom stereocenters. The minimum Gasteiger partial charge on any atom is -0.393 e. The molecule has 0 saturated heterocycles. The number of nitrogens with one attached hydrogen (secondary N) is 3. The van der Waals surface area contributed by atoms with Crippen molar-refractivity contribution in [2.24, 2.45) is 0 Å². The van der Waals surface area contributed by atoms with Crippen LogP contribution in [0.3, 0.4) is 0 Å². The molecule has 0 saturated carbocycles. The number of hydrogen-bond donors (Lipinski definition) is 3. The molecule has 5 rings (SSSR count). The van der Waals surface area contributed by atoms with Gasteiger partial charge in [0.2, 0.25) is 5.88 Å². The first-order valence-electron chi connectivity index (χ1n) is 13.1. The minimum absolute atomic E-state index is 0.0890. The fourth-order valence-corrected chi connectivity index (χ4v) is 5.40. The number of sulfonamides is 1. The van der Waals surface area contributed by atoms with Crippen molar-refractivity contribution in [1.29, 1.82) is 0 Å². The quantitative estimate of drug-likeness (QED) is 0.211. The number of aromatic nitrogens is 3. The third kappa shape index (κ3) is 6.38. The van der Waals surface area contributed by atoms with Crippen LogP contribution in [0.15, 0.2) is 90.1 Å². The predicted octanol–water partition coefficient (Wildman–Crippen LogP) is 6.32. The number of aryl methyl sites for hydroxylation is 1. The van der Waals surface area contributed by atoms with E-state index in [4.69, 9.17) is 4.74 Å². The molecule has 3 aromatic carbocycles. The zero-order chi connectivity index (χ0) is 29.2. The van der Waals surface area contributed by atoms with E-state index in [0.717, 1.165) is 16.8 Å². The van der Waals surface area contributed by atoms with Crippen LogP contribution in [0.25, 0.3) is 22.0 Å². The van der Waals surface area contributed by atoms with Gasteiger partial charge in [0.25, 0.3) is 10.0 Å². The van der Waals surface area contributed by atoms with Gasteiger partial charge in [-0.25, -0.2) is 13.2 Å². The van der Waals surface area contributed by atoms with Gasteiger partial charge in [-0.15, -0.1) is 0 Å². The van der Waals surface area contributed by atoms with Crippen LogP contribution in [0.2, 0.25) is 0 Å². The highest BCUT2D eigenvalue weighted by Crippen LogP contribution is 2.39. The normalized spacial score (nSPS) is 11.8. The number of aromatic amines is 1. The monoisotopic (exact) mass is 569 g/mol. The lowest BCUT2D eigenvalue weighted by Crippen LogP contribution is -2.27. The molecule has 0 radical (unpaired) electrons. The number of carbonyl (C=O) groups excluding carboxylic acids is 1. The Hall–Kier alpha value is -4.70. The van der Waals surface area contributed by atoms with Crippen molar-refractivity contribution in [2.75, 3.05) is 4.72 Å². The summed E-state index contributed by atoms with van der Waals surface area (Å²) in [5.41, 5.74) is 4.80. The van der Waals surface area contributed by atoms with Crippen molar-refractivity contribution in [3.63, 3.8) is 0 Å². The van der Waals surface area contributed by atoms with Gasteiger partial charge in [-0.05, 0) is 53.8 Å². The number of amides is 1. The molecular formula is C31H31N5O4S. The van der Waals surface area contributed by atoms with Crippen LogP contribution in [0.5, 0.6) is 5.88 Å². The number of H-pyrrole nitrogens is 1. The van der Waals surface area contributed by atoms with Crippen LogP contribution < -0.4 is 14.8 Å². The molecule has 2 aromatic heterocycles. The standard InChI is InChI=1S/C31H31N5O4S/c1-20-17-33-24(18-32-20)19-34-30(37)40-29-28(21-8-6-5-7-9-21)26-16-23(12-15-27(26)35-29)36-41(38,39)25-13-10-22(11-14-25)31(2,3)4/h5-18,35-36H,19H2,1-4H3,(H,34,37). The summed E-state index contributed by atoms with van der Waals surface area (Å²) in [6, 6.07) is 21.4. The average molecular weight is 570 g/mol. The Labute approximate surface area is 239 Å². The minimum atomic E-state index is -3.84. The van der Waals surface area contributed by atoms with Crippen molar-refractivity contribution in [3.05, 3.63) is 102 Å². The second-order valence-corrected chi connectivity index (χ2v) is 12.4. The number of rotatable bonds is 7. The molecule has 3 N–H and O–H groups in total. The highest BCUT2D eigenvalue weighted by molar-refractivity contribution is 7.92. The Morgan fingerprint density at radius 1 is 0.951 bits per heavy atom. The van der Waals surface area contributed by atoms with E-state index in [1.165, 1.54) is 0 Å². The van der Waals surface area contributed by atoms with Crippen LogP contribution in [-0.4, -0.2) is 29.5 Å². The summed E-state index contributed by atoms with van der Waals surface area (Å²) in [4.78, 5) is 24.5. The molecule has 0 aliphatic heterocycles. The first kappa shape index (κ1) is 27.9. The maximum atomic E-state index is 13.2. The number of fused-ring (bicyclic) bond motifs is 1. The molecule has 5 aromatic rings. The van der Waals surface area contributed by atoms with E-state index >= 15 is 0 Å². The van der Waals surface area contributed by atoms with Crippen molar-refractivity contribution < 1.29 is 17.9 Å². The van der Waals surface area contributed by atoms with E-state index < -0.39 is 16.1 Å². The Bertz CT molecular complexity index is 1790. The maximum Gasteiger partial charge on any atom is 0.414 e. The Morgan fingerprint density at radius 2 is 1.68 bits per heavy atom. The fraction of sp³-hybridized carbons (Fsp3) is 0.194. The molecule has 1 amide bonds. The first-order chi connectivity index (χ1) is 19.5. The fourth-order valence-electron chi connectivity index (χ4n) is 4.35. The number of carbonyl (C=O) groups is 1. The van der Waals surface area contributed by atoms with Gasteiger partial charge in [-0.2, -0.15) is 0 Å². The molecule has 0 aliphatic rings. The summed E-state index contributed by atoms with van der Waals surface area (Å²) >= 11 is 0. The van der Waals surface area contributed by atoms with Gasteiger partial charge in [-0.3, -0.25) is 14.7 Å². The maximum absolute atomic E-state index is 13.2. The van der Waals surface area contributed by atoms with Crippen molar-refractivity contribution >= 4 is 32.7 Å². The Kier molecular flexibility index (Phi) is 7.51.